The van der Waals surface area contributed by atoms with E-state index in [4.69, 9.17) is 0 Å². The van der Waals surface area contributed by atoms with E-state index in [0.717, 1.165) is 56.7 Å². The number of anilines is 1. The summed E-state index contributed by atoms with van der Waals surface area (Å²) in [6.45, 7) is 7.71. The Hall–Kier alpha value is -2.50. The summed E-state index contributed by atoms with van der Waals surface area (Å²) in [6.07, 6.45) is 4.55. The van der Waals surface area contributed by atoms with E-state index in [1.807, 2.05) is 24.3 Å². The number of fused-ring (bicyclic) bond motifs is 1. The van der Waals surface area contributed by atoms with Crippen molar-refractivity contribution in [2.45, 2.75) is 57.9 Å². The van der Waals surface area contributed by atoms with Crippen LogP contribution in [0.1, 0.15) is 66.1 Å². The predicted molar refractivity (Wildman–Crippen MR) is 134 cm³/mol. The zero-order chi connectivity index (χ0) is 23.4. The fraction of sp³-hybridized carbons (Fsp3) is 0.500. The van der Waals surface area contributed by atoms with E-state index in [9.17, 15) is 9.59 Å². The zero-order valence-corrected chi connectivity index (χ0v) is 20.3. The fourth-order valence-corrected chi connectivity index (χ4v) is 5.03. The van der Waals surface area contributed by atoms with Crippen LogP contribution in [0.25, 0.3) is 0 Å². The van der Waals surface area contributed by atoms with Crippen LogP contribution in [-0.4, -0.2) is 60.8 Å². The number of benzene rings is 2. The van der Waals surface area contributed by atoms with Crippen molar-refractivity contribution in [2.75, 3.05) is 38.5 Å². The number of rotatable bonds is 7. The zero-order valence-electron chi connectivity index (χ0n) is 20.3. The van der Waals surface area contributed by atoms with Crippen LogP contribution in [0.5, 0.6) is 0 Å². The molecule has 2 aliphatic rings. The van der Waals surface area contributed by atoms with Gasteiger partial charge < -0.3 is 10.2 Å². The van der Waals surface area contributed by atoms with E-state index >= 15 is 0 Å². The lowest BCUT2D eigenvalue weighted by Gasteiger charge is -2.37. The number of nitrogens with one attached hydrogen (secondary N) is 1. The van der Waals surface area contributed by atoms with Crippen molar-refractivity contribution >= 4 is 17.4 Å². The molecule has 5 nitrogen and oxygen atoms in total. The van der Waals surface area contributed by atoms with E-state index in [1.165, 1.54) is 23.1 Å². The van der Waals surface area contributed by atoms with Crippen molar-refractivity contribution in [3.63, 3.8) is 0 Å². The summed E-state index contributed by atoms with van der Waals surface area (Å²) < 4.78 is 0. The number of nitrogens with zero attached hydrogens (tertiary/aromatic N) is 2. The molecule has 1 fully saturated rings. The molecule has 33 heavy (non-hydrogen) atoms. The molecule has 1 saturated heterocycles. The standard InChI is InChI=1S/C28H37N3O2/c1-20(2)21-11-13-23(14-12-21)29-28(33)26(31-17-15-30(3)16-18-31)19-27(32)25-10-6-8-22-7-4-5-9-24(22)25/h6,8,10-14,20,26H,4-5,7,9,15-19H2,1-3H3,(H,29,33). The van der Waals surface area contributed by atoms with E-state index < -0.39 is 6.04 Å². The molecule has 0 radical (unpaired) electrons. The minimum atomic E-state index is -0.463. The van der Waals surface area contributed by atoms with Gasteiger partial charge in [0.15, 0.2) is 5.78 Å². The smallest absolute Gasteiger partial charge is 0.242 e. The van der Waals surface area contributed by atoms with Gasteiger partial charge in [-0.3, -0.25) is 14.5 Å². The molecule has 176 valence electrons. The summed E-state index contributed by atoms with van der Waals surface area (Å²) in [7, 11) is 2.10. The van der Waals surface area contributed by atoms with Gasteiger partial charge in [0.25, 0.3) is 0 Å². The molecule has 1 aliphatic carbocycles. The molecule has 0 spiro atoms. The van der Waals surface area contributed by atoms with Crippen LogP contribution in [-0.2, 0) is 17.6 Å². The molecular formula is C28H37N3O2. The van der Waals surface area contributed by atoms with Crippen molar-refractivity contribution in [1.82, 2.24) is 9.80 Å². The molecule has 4 rings (SSSR count). The molecule has 0 bridgehead atoms. The number of hydrogen-bond acceptors (Lipinski definition) is 4. The van der Waals surface area contributed by atoms with Crippen LogP contribution in [0.4, 0.5) is 5.69 Å². The van der Waals surface area contributed by atoms with Gasteiger partial charge in [-0.15, -0.1) is 0 Å². The van der Waals surface area contributed by atoms with E-state index in [-0.39, 0.29) is 18.1 Å². The van der Waals surface area contributed by atoms with Gasteiger partial charge in [-0.05, 0) is 67.5 Å². The quantitative estimate of drug-likeness (QED) is 0.634. The molecule has 5 heteroatoms. The second-order valence-electron chi connectivity index (χ2n) is 9.90. The van der Waals surface area contributed by atoms with Gasteiger partial charge in [-0.1, -0.05) is 44.2 Å². The Morgan fingerprint density at radius 1 is 0.939 bits per heavy atom. The van der Waals surface area contributed by atoms with Crippen LogP contribution < -0.4 is 5.32 Å². The highest BCUT2D eigenvalue weighted by Crippen LogP contribution is 2.26. The Morgan fingerprint density at radius 3 is 2.33 bits per heavy atom. The molecule has 0 aromatic heterocycles. The largest absolute Gasteiger partial charge is 0.325 e. The lowest BCUT2D eigenvalue weighted by Crippen LogP contribution is -2.53. The molecule has 1 heterocycles. The van der Waals surface area contributed by atoms with Gasteiger partial charge in [0.05, 0.1) is 6.04 Å². The highest BCUT2D eigenvalue weighted by atomic mass is 16.2. The van der Waals surface area contributed by atoms with Crippen molar-refractivity contribution < 1.29 is 9.59 Å². The molecule has 0 saturated carbocycles. The Bertz CT molecular complexity index is 975. The Balaban J connectivity index is 1.53. The second kappa shape index (κ2) is 10.6. The number of aryl methyl sites for hydroxylation is 1. The van der Waals surface area contributed by atoms with Crippen molar-refractivity contribution in [2.24, 2.45) is 0 Å². The monoisotopic (exact) mass is 447 g/mol. The van der Waals surface area contributed by atoms with Crippen molar-refractivity contribution in [3.8, 4) is 0 Å². The predicted octanol–water partition coefficient (Wildman–Crippen LogP) is 4.52. The molecule has 2 aromatic carbocycles. The van der Waals surface area contributed by atoms with Gasteiger partial charge >= 0.3 is 0 Å². The lowest BCUT2D eigenvalue weighted by atomic mass is 9.86. The lowest BCUT2D eigenvalue weighted by molar-refractivity contribution is -0.122. The molecule has 2 aromatic rings. The minimum Gasteiger partial charge on any atom is -0.325 e. The molecule has 1 atom stereocenters. The Kier molecular flexibility index (Phi) is 7.61. The highest BCUT2D eigenvalue weighted by molar-refractivity contribution is 6.03. The second-order valence-corrected chi connectivity index (χ2v) is 9.90. The third-order valence-corrected chi connectivity index (χ3v) is 7.20. The molecule has 1 unspecified atom stereocenters. The number of amides is 1. The average Bonchev–Trinajstić information content (AvgIpc) is 2.83. The molecule has 1 amide bonds. The van der Waals surface area contributed by atoms with Gasteiger partial charge in [-0.2, -0.15) is 0 Å². The van der Waals surface area contributed by atoms with Gasteiger partial charge in [0, 0.05) is 43.9 Å². The number of ketones is 1. The van der Waals surface area contributed by atoms with Gasteiger partial charge in [-0.25, -0.2) is 0 Å². The first-order valence-corrected chi connectivity index (χ1v) is 12.4. The topological polar surface area (TPSA) is 52.7 Å². The Morgan fingerprint density at radius 2 is 1.64 bits per heavy atom. The first kappa shape index (κ1) is 23.7. The third kappa shape index (κ3) is 5.71. The van der Waals surface area contributed by atoms with Gasteiger partial charge in [0.2, 0.25) is 5.91 Å². The number of Topliss-reactive ketones (excluding diaryl/α,β-unsaturated/α-hetero) is 1. The number of hydrogen-bond donors (Lipinski definition) is 1. The van der Waals surface area contributed by atoms with E-state index in [1.54, 1.807) is 0 Å². The number of likely N-dealkylation sites (N-methyl/N-ethyl adjacent to an activating group) is 1. The highest BCUT2D eigenvalue weighted by Gasteiger charge is 2.31. The van der Waals surface area contributed by atoms with E-state index in [0.29, 0.717) is 5.92 Å². The summed E-state index contributed by atoms with van der Waals surface area (Å²) in [6, 6.07) is 13.7. The van der Waals surface area contributed by atoms with Crippen LogP contribution in [0.2, 0.25) is 0 Å². The fourth-order valence-electron chi connectivity index (χ4n) is 5.03. The third-order valence-electron chi connectivity index (χ3n) is 7.20. The van der Waals surface area contributed by atoms with E-state index in [2.05, 4.69) is 54.2 Å². The van der Waals surface area contributed by atoms with Gasteiger partial charge in [0.1, 0.15) is 0 Å². The summed E-state index contributed by atoms with van der Waals surface area (Å²) in [5.41, 5.74) is 5.36. The SMILES string of the molecule is CC(C)c1ccc(NC(=O)C(CC(=O)c2cccc3c2CCCC3)N2CCN(C)CC2)cc1. The minimum absolute atomic E-state index is 0.0861. The summed E-state index contributed by atoms with van der Waals surface area (Å²) in [5.74, 6) is 0.445. The normalized spacial score (nSPS) is 18.1. The number of carbonyl (C=O) groups is 2. The van der Waals surface area contributed by atoms with Crippen molar-refractivity contribution in [1.29, 1.82) is 0 Å². The molecule has 1 aliphatic heterocycles. The summed E-state index contributed by atoms with van der Waals surface area (Å²) in [5, 5.41) is 3.09. The maximum atomic E-state index is 13.5. The van der Waals surface area contributed by atoms with Crippen LogP contribution in [0, 0.1) is 0 Å². The summed E-state index contributed by atoms with van der Waals surface area (Å²) >= 11 is 0. The number of carbonyl (C=O) groups excluding carboxylic acids is 2. The Labute approximate surface area is 198 Å². The number of piperazine rings is 1. The summed E-state index contributed by atoms with van der Waals surface area (Å²) in [4.78, 5) is 31.4. The van der Waals surface area contributed by atoms with Crippen LogP contribution in [0.3, 0.4) is 0 Å². The maximum Gasteiger partial charge on any atom is 0.242 e. The first-order valence-electron chi connectivity index (χ1n) is 12.4. The van der Waals surface area contributed by atoms with Crippen LogP contribution in [0.15, 0.2) is 42.5 Å². The maximum absolute atomic E-state index is 13.5. The first-order chi connectivity index (χ1) is 15.9. The molecule has 1 N–H and O–H groups in total. The average molecular weight is 448 g/mol. The van der Waals surface area contributed by atoms with Crippen molar-refractivity contribution in [3.05, 3.63) is 64.7 Å². The molecular weight excluding hydrogens is 410 g/mol. The van der Waals surface area contributed by atoms with Crippen LogP contribution >= 0.6 is 0 Å².